The first kappa shape index (κ1) is 19.7. The average molecular weight is 392 g/mol. The Morgan fingerprint density at radius 1 is 1.21 bits per heavy atom. The van der Waals surface area contributed by atoms with Crippen LogP contribution in [0, 0.1) is 0 Å². The maximum absolute atomic E-state index is 10.9. The number of carboxylic acid groups (broad SMARTS) is 1. The second kappa shape index (κ2) is 7.33. The van der Waals surface area contributed by atoms with Crippen molar-refractivity contribution in [3.63, 3.8) is 0 Å². The van der Waals surface area contributed by atoms with Crippen LogP contribution in [0.4, 0.5) is 5.69 Å². The van der Waals surface area contributed by atoms with E-state index in [-0.39, 0.29) is 11.8 Å². The number of carbonyl (C=O) groups is 1. The van der Waals surface area contributed by atoms with Gasteiger partial charge in [0.25, 0.3) is 0 Å². The number of carboxylic acids is 1. The summed E-state index contributed by atoms with van der Waals surface area (Å²) in [6.07, 6.45) is 12.2. The highest BCUT2D eigenvalue weighted by molar-refractivity contribution is 6.04. The van der Waals surface area contributed by atoms with Crippen LogP contribution < -0.4 is 4.90 Å². The first-order valence-electron chi connectivity index (χ1n) is 10.6. The molecule has 1 heterocycles. The van der Waals surface area contributed by atoms with Gasteiger partial charge < -0.3 is 10.0 Å². The Morgan fingerprint density at radius 2 is 2.00 bits per heavy atom. The van der Waals surface area contributed by atoms with Crippen LogP contribution in [-0.4, -0.2) is 48.5 Å². The van der Waals surface area contributed by atoms with Gasteiger partial charge in [0.05, 0.1) is 0 Å². The summed E-state index contributed by atoms with van der Waals surface area (Å²) in [5, 5.41) is 8.99. The van der Waals surface area contributed by atoms with Crippen molar-refractivity contribution in [3.05, 3.63) is 58.2 Å². The third kappa shape index (κ3) is 3.57. The number of benzene rings is 1. The summed E-state index contributed by atoms with van der Waals surface area (Å²) >= 11 is 0. The van der Waals surface area contributed by atoms with Gasteiger partial charge in [-0.15, -0.1) is 0 Å². The minimum absolute atomic E-state index is 0.0787. The Kier molecular flexibility index (Phi) is 4.97. The van der Waals surface area contributed by atoms with Gasteiger partial charge in [-0.25, -0.2) is 4.58 Å². The van der Waals surface area contributed by atoms with Gasteiger partial charge in [-0.1, -0.05) is 13.8 Å². The number of aryl methyl sites for hydroxylation is 1. The molecule has 2 aliphatic carbocycles. The van der Waals surface area contributed by atoms with Crippen LogP contribution in [0.1, 0.15) is 49.8 Å². The third-order valence-electron chi connectivity index (χ3n) is 6.50. The number of hydrogen-bond acceptors (Lipinski definition) is 2. The maximum atomic E-state index is 10.9. The van der Waals surface area contributed by atoms with Crippen LogP contribution in [0.5, 0.6) is 0 Å². The first-order chi connectivity index (χ1) is 13.8. The van der Waals surface area contributed by atoms with Gasteiger partial charge in [0.2, 0.25) is 0 Å². The van der Waals surface area contributed by atoms with Crippen molar-refractivity contribution < 1.29 is 14.5 Å². The lowest BCUT2D eigenvalue weighted by atomic mass is 9.67. The van der Waals surface area contributed by atoms with Crippen molar-refractivity contribution in [2.75, 3.05) is 32.1 Å². The highest BCUT2D eigenvalue weighted by atomic mass is 16.4. The molecule has 0 atom stereocenters. The summed E-state index contributed by atoms with van der Waals surface area (Å²) in [6, 6.07) is 4.75. The Hall–Kier alpha value is -2.62. The zero-order valence-corrected chi connectivity index (χ0v) is 18.0. The molecule has 0 spiro atoms. The Morgan fingerprint density at radius 3 is 2.72 bits per heavy atom. The Labute approximate surface area is 173 Å². The van der Waals surface area contributed by atoms with Crippen molar-refractivity contribution in [3.8, 4) is 0 Å². The predicted octanol–water partition coefficient (Wildman–Crippen LogP) is 4.19. The Balaban J connectivity index is 1.76. The van der Waals surface area contributed by atoms with Gasteiger partial charge in [0.15, 0.2) is 5.71 Å². The summed E-state index contributed by atoms with van der Waals surface area (Å²) < 4.78 is 2.16. The van der Waals surface area contributed by atoms with Gasteiger partial charge >= 0.3 is 5.97 Å². The molecule has 0 saturated heterocycles. The van der Waals surface area contributed by atoms with Crippen molar-refractivity contribution in [1.29, 1.82) is 0 Å². The van der Waals surface area contributed by atoms with Gasteiger partial charge in [-0.05, 0) is 71.4 Å². The molecule has 1 aromatic rings. The molecule has 0 saturated carbocycles. The molecule has 0 aromatic heterocycles. The number of allylic oxidation sites excluding steroid dienone is 5. The summed E-state index contributed by atoms with van der Waals surface area (Å²) in [4.78, 5) is 13.3. The third-order valence-corrected chi connectivity index (χ3v) is 6.50. The number of fused-ring (bicyclic) bond motifs is 3. The van der Waals surface area contributed by atoms with Gasteiger partial charge in [0.1, 0.15) is 14.1 Å². The second-order valence-corrected chi connectivity index (χ2v) is 9.09. The molecular weight excluding hydrogens is 360 g/mol. The van der Waals surface area contributed by atoms with Gasteiger partial charge in [-0.3, -0.25) is 4.79 Å². The fourth-order valence-electron chi connectivity index (χ4n) is 4.84. The molecule has 1 N–H and O–H groups in total. The van der Waals surface area contributed by atoms with E-state index >= 15 is 0 Å². The average Bonchev–Trinajstić information content (AvgIpc) is 2.66. The lowest BCUT2D eigenvalue weighted by molar-refractivity contribution is -0.462. The molecule has 0 amide bonds. The highest BCUT2D eigenvalue weighted by Gasteiger charge is 2.36. The van der Waals surface area contributed by atoms with Crippen LogP contribution >= 0.6 is 0 Å². The number of aliphatic carboxylic acids is 1. The van der Waals surface area contributed by atoms with E-state index in [1.165, 1.54) is 39.2 Å². The standard InChI is InChI=1S/C25H30N2O2/c1-25(2)21-15-20(26(3)4)10-9-17(21)13-19-14-18-7-5-11-27(12-6-8-24(28)29)23(18)16-22(19)25/h9-10,13-16H,5-8,11-12H2,1-4H3/p+1. The van der Waals surface area contributed by atoms with Crippen LogP contribution in [-0.2, 0) is 16.6 Å². The highest BCUT2D eigenvalue weighted by Crippen LogP contribution is 2.46. The molecule has 0 fully saturated rings. The molecule has 1 aliphatic heterocycles. The molecule has 0 radical (unpaired) electrons. The number of nitrogens with zero attached hydrogens (tertiary/aromatic N) is 2. The lowest BCUT2D eigenvalue weighted by Crippen LogP contribution is -2.33. The minimum Gasteiger partial charge on any atom is -0.481 e. The smallest absolute Gasteiger partial charge is 0.303 e. The molecule has 4 rings (SSSR count). The van der Waals surface area contributed by atoms with Crippen LogP contribution in [0.3, 0.4) is 0 Å². The molecule has 29 heavy (non-hydrogen) atoms. The predicted molar refractivity (Wildman–Crippen MR) is 119 cm³/mol. The van der Waals surface area contributed by atoms with E-state index < -0.39 is 5.97 Å². The summed E-state index contributed by atoms with van der Waals surface area (Å²) in [5.74, 6) is -0.711. The van der Waals surface area contributed by atoms with E-state index in [1.807, 2.05) is 0 Å². The largest absolute Gasteiger partial charge is 0.481 e. The fraction of sp³-hybridized carbons (Fsp3) is 0.440. The zero-order chi connectivity index (χ0) is 20.8. The first-order valence-corrected chi connectivity index (χ1v) is 10.6. The quantitative estimate of drug-likeness (QED) is 0.783. The Bertz CT molecular complexity index is 988. The molecule has 4 heteroatoms. The molecular formula is C25H31N2O2+. The molecule has 3 aliphatic rings. The van der Waals surface area contributed by atoms with Crippen molar-refractivity contribution >= 4 is 23.4 Å². The van der Waals surface area contributed by atoms with E-state index in [1.54, 1.807) is 0 Å². The summed E-state index contributed by atoms with van der Waals surface area (Å²) in [6.45, 7) is 6.46. The van der Waals surface area contributed by atoms with Gasteiger partial charge in [-0.2, -0.15) is 0 Å². The van der Waals surface area contributed by atoms with E-state index in [0.29, 0.717) is 6.42 Å². The van der Waals surface area contributed by atoms with E-state index in [4.69, 9.17) is 5.11 Å². The SMILES string of the molecule is C[N+](C)=C1C=CC2=Cc3cc4c(cc3C(C)(C)C2=C1)N(CCCC(=O)O)CCC4. The zero-order valence-electron chi connectivity index (χ0n) is 18.0. The number of rotatable bonds is 4. The number of anilines is 1. The van der Waals surface area contributed by atoms with Crippen LogP contribution in [0.15, 0.2) is 41.5 Å². The normalized spacial score (nSPS) is 19.0. The van der Waals surface area contributed by atoms with Crippen molar-refractivity contribution in [2.45, 2.75) is 44.9 Å². The van der Waals surface area contributed by atoms with Crippen molar-refractivity contribution in [1.82, 2.24) is 0 Å². The maximum Gasteiger partial charge on any atom is 0.303 e. The molecule has 1 aromatic carbocycles. The van der Waals surface area contributed by atoms with Crippen molar-refractivity contribution in [2.24, 2.45) is 0 Å². The van der Waals surface area contributed by atoms with E-state index in [0.717, 1.165) is 25.9 Å². The number of hydrogen-bond donors (Lipinski definition) is 1. The second-order valence-electron chi connectivity index (χ2n) is 9.09. The van der Waals surface area contributed by atoms with Crippen LogP contribution in [0.25, 0.3) is 6.08 Å². The lowest BCUT2D eigenvalue weighted by Gasteiger charge is -2.39. The molecule has 152 valence electrons. The van der Waals surface area contributed by atoms with Gasteiger partial charge in [0, 0.05) is 42.8 Å². The summed E-state index contributed by atoms with van der Waals surface area (Å²) in [7, 11) is 4.17. The molecule has 0 unspecified atom stereocenters. The topological polar surface area (TPSA) is 43.5 Å². The molecule has 0 bridgehead atoms. The van der Waals surface area contributed by atoms with E-state index in [9.17, 15) is 4.79 Å². The summed E-state index contributed by atoms with van der Waals surface area (Å²) in [5.41, 5.74) is 9.20. The van der Waals surface area contributed by atoms with Crippen LogP contribution in [0.2, 0.25) is 0 Å². The minimum atomic E-state index is -0.711. The van der Waals surface area contributed by atoms with E-state index in [2.05, 4.69) is 73.9 Å². The fourth-order valence-corrected chi connectivity index (χ4v) is 4.84. The molecule has 4 nitrogen and oxygen atoms in total. The monoisotopic (exact) mass is 391 g/mol.